The summed E-state index contributed by atoms with van der Waals surface area (Å²) in [5.74, 6) is 0.376. The number of aromatic nitrogens is 5. The van der Waals surface area contributed by atoms with Crippen LogP contribution < -0.4 is 10.7 Å². The normalized spacial score (nSPS) is 16.6. The zero-order chi connectivity index (χ0) is 20.8. The first-order chi connectivity index (χ1) is 14.5. The highest BCUT2D eigenvalue weighted by Crippen LogP contribution is 2.30. The lowest BCUT2D eigenvalue weighted by Crippen LogP contribution is -2.37. The van der Waals surface area contributed by atoms with E-state index in [-0.39, 0.29) is 17.9 Å². The predicted molar refractivity (Wildman–Crippen MR) is 107 cm³/mol. The largest absolute Gasteiger partial charge is 0.447 e. The third kappa shape index (κ3) is 2.93. The van der Waals surface area contributed by atoms with Crippen LogP contribution in [0.2, 0.25) is 0 Å². The van der Waals surface area contributed by atoms with E-state index in [4.69, 9.17) is 14.1 Å². The smallest absolute Gasteiger partial charge is 0.434 e. The predicted octanol–water partition coefficient (Wildman–Crippen LogP) is 2.72. The van der Waals surface area contributed by atoms with Crippen LogP contribution in [-0.4, -0.2) is 43.5 Å². The van der Waals surface area contributed by atoms with E-state index in [0.29, 0.717) is 23.6 Å². The van der Waals surface area contributed by atoms with Gasteiger partial charge in [0.2, 0.25) is 5.89 Å². The Morgan fingerprint density at radius 1 is 1.13 bits per heavy atom. The van der Waals surface area contributed by atoms with Crippen molar-refractivity contribution in [2.75, 3.05) is 11.5 Å². The first-order valence-electron chi connectivity index (χ1n) is 9.48. The lowest BCUT2D eigenvalue weighted by molar-refractivity contribution is 0.177. The molecule has 0 aliphatic carbocycles. The minimum absolute atomic E-state index is 0.0680. The molecule has 1 amide bonds. The first kappa shape index (κ1) is 18.1. The Kier molecular flexibility index (Phi) is 4.12. The molecule has 1 unspecified atom stereocenters. The summed E-state index contributed by atoms with van der Waals surface area (Å²) in [7, 11) is 0. The van der Waals surface area contributed by atoms with Gasteiger partial charge in [0, 0.05) is 17.3 Å². The van der Waals surface area contributed by atoms with Crippen molar-refractivity contribution in [3.8, 4) is 22.6 Å². The van der Waals surface area contributed by atoms with E-state index >= 15 is 0 Å². The zero-order valence-corrected chi connectivity index (χ0v) is 16.3. The Morgan fingerprint density at radius 2 is 1.90 bits per heavy atom. The second-order valence-electron chi connectivity index (χ2n) is 7.37. The Hall–Kier alpha value is -3.95. The summed E-state index contributed by atoms with van der Waals surface area (Å²) >= 11 is 0. The van der Waals surface area contributed by atoms with Crippen LogP contribution in [0.4, 0.5) is 10.6 Å². The quantitative estimate of drug-likeness (QED) is 0.553. The van der Waals surface area contributed by atoms with Crippen LogP contribution in [-0.2, 0) is 4.74 Å². The molecule has 5 rings (SSSR count). The molecule has 10 heteroatoms. The Balaban J connectivity index is 1.53. The molecular formula is C20H18N6O4. The van der Waals surface area contributed by atoms with Gasteiger partial charge in [-0.15, -0.1) is 5.10 Å². The number of benzene rings is 1. The van der Waals surface area contributed by atoms with Crippen molar-refractivity contribution >= 4 is 17.6 Å². The average Bonchev–Trinajstić information content (AvgIpc) is 3.45. The van der Waals surface area contributed by atoms with Crippen LogP contribution in [0.25, 0.3) is 28.2 Å². The molecule has 1 N–H and O–H groups in total. The van der Waals surface area contributed by atoms with Gasteiger partial charge in [0.1, 0.15) is 12.4 Å². The van der Waals surface area contributed by atoms with Crippen molar-refractivity contribution in [3.05, 3.63) is 53.3 Å². The zero-order valence-electron chi connectivity index (χ0n) is 16.3. The van der Waals surface area contributed by atoms with Gasteiger partial charge >= 0.3 is 11.8 Å². The molecule has 1 aliphatic heterocycles. The molecule has 0 spiro atoms. The number of ether oxygens (including phenoxy) is 1. The molecule has 4 aromatic rings. The number of hydrogen-bond acceptors (Lipinski definition) is 7. The lowest BCUT2D eigenvalue weighted by atomic mass is 10.0. The molecule has 1 atom stereocenters. The summed E-state index contributed by atoms with van der Waals surface area (Å²) in [5, 5.41) is 10.4. The molecule has 0 saturated carbocycles. The molecule has 1 saturated heterocycles. The standard InChI is InChI=1S/C20H18N6O4/c1-11(2)15-10-29-20(28)26(15)16-7-8-25-17(22-16)14(9-21-25)12-3-5-13(6-4-12)18-23-24-19(27)30-18/h3-9,11,15H,10H2,1-2H3,(H,24,27). The second-order valence-corrected chi connectivity index (χ2v) is 7.37. The SMILES string of the molecule is CC(C)C1COC(=O)N1c1ccn2ncc(-c3ccc(-c4n[nH]c(=O)o4)cc3)c2n1. The fourth-order valence-electron chi connectivity index (χ4n) is 3.53. The van der Waals surface area contributed by atoms with E-state index in [1.165, 1.54) is 0 Å². The minimum atomic E-state index is -0.603. The summed E-state index contributed by atoms with van der Waals surface area (Å²) in [5.41, 5.74) is 2.97. The number of rotatable bonds is 4. The maximum atomic E-state index is 12.3. The van der Waals surface area contributed by atoms with Gasteiger partial charge in [-0.05, 0) is 29.7 Å². The molecule has 152 valence electrons. The van der Waals surface area contributed by atoms with E-state index < -0.39 is 11.8 Å². The molecule has 0 radical (unpaired) electrons. The molecule has 30 heavy (non-hydrogen) atoms. The molecular weight excluding hydrogens is 388 g/mol. The number of aromatic amines is 1. The van der Waals surface area contributed by atoms with E-state index in [1.54, 1.807) is 40.0 Å². The van der Waals surface area contributed by atoms with E-state index in [1.807, 2.05) is 26.0 Å². The summed E-state index contributed by atoms with van der Waals surface area (Å²) in [6.07, 6.45) is 3.10. The van der Waals surface area contributed by atoms with Gasteiger partial charge in [-0.2, -0.15) is 5.10 Å². The summed E-state index contributed by atoms with van der Waals surface area (Å²) in [6.45, 7) is 4.44. The molecule has 0 bridgehead atoms. The molecule has 1 aromatic carbocycles. The van der Waals surface area contributed by atoms with Crippen LogP contribution in [0.1, 0.15) is 13.8 Å². The van der Waals surface area contributed by atoms with Gasteiger partial charge in [-0.3, -0.25) is 4.90 Å². The average molecular weight is 406 g/mol. The molecule has 1 fully saturated rings. The number of anilines is 1. The van der Waals surface area contributed by atoms with Crippen LogP contribution in [0.3, 0.4) is 0 Å². The van der Waals surface area contributed by atoms with E-state index in [0.717, 1.165) is 11.1 Å². The fraction of sp³-hybridized carbons (Fsp3) is 0.250. The summed E-state index contributed by atoms with van der Waals surface area (Å²) in [6, 6.07) is 9.03. The summed E-state index contributed by atoms with van der Waals surface area (Å²) in [4.78, 5) is 29.8. The van der Waals surface area contributed by atoms with Crippen molar-refractivity contribution in [2.45, 2.75) is 19.9 Å². The first-order valence-corrected chi connectivity index (χ1v) is 9.48. The number of carbonyl (C=O) groups excluding carboxylic acids is 1. The maximum Gasteiger partial charge on any atom is 0.434 e. The highest BCUT2D eigenvalue weighted by atomic mass is 16.6. The van der Waals surface area contributed by atoms with Crippen molar-refractivity contribution in [2.24, 2.45) is 5.92 Å². The Bertz CT molecular complexity index is 1290. The molecule has 1 aliphatic rings. The molecule has 4 heterocycles. The molecule has 10 nitrogen and oxygen atoms in total. The van der Waals surface area contributed by atoms with Crippen LogP contribution >= 0.6 is 0 Å². The number of carbonyl (C=O) groups is 1. The Morgan fingerprint density at radius 3 is 2.60 bits per heavy atom. The van der Waals surface area contributed by atoms with Gasteiger partial charge in [0.05, 0.1) is 12.2 Å². The maximum absolute atomic E-state index is 12.3. The highest BCUT2D eigenvalue weighted by molar-refractivity contribution is 5.90. The minimum Gasteiger partial charge on any atom is -0.447 e. The number of nitrogens with zero attached hydrogens (tertiary/aromatic N) is 5. The fourth-order valence-corrected chi connectivity index (χ4v) is 3.53. The second kappa shape index (κ2) is 6.83. The monoisotopic (exact) mass is 406 g/mol. The van der Waals surface area contributed by atoms with Gasteiger partial charge < -0.3 is 9.15 Å². The highest BCUT2D eigenvalue weighted by Gasteiger charge is 2.37. The van der Waals surface area contributed by atoms with Crippen LogP contribution in [0.15, 0.2) is 51.9 Å². The van der Waals surface area contributed by atoms with Gasteiger partial charge in [-0.25, -0.2) is 24.2 Å². The van der Waals surface area contributed by atoms with Crippen molar-refractivity contribution < 1.29 is 13.9 Å². The van der Waals surface area contributed by atoms with Crippen molar-refractivity contribution in [3.63, 3.8) is 0 Å². The van der Waals surface area contributed by atoms with Gasteiger partial charge in [0.15, 0.2) is 5.65 Å². The van der Waals surface area contributed by atoms with E-state index in [2.05, 4.69) is 15.3 Å². The topological polar surface area (TPSA) is 119 Å². The summed E-state index contributed by atoms with van der Waals surface area (Å²) < 4.78 is 11.9. The number of nitrogens with one attached hydrogen (secondary N) is 1. The van der Waals surface area contributed by atoms with Crippen LogP contribution in [0, 0.1) is 5.92 Å². The molecule has 3 aromatic heterocycles. The van der Waals surface area contributed by atoms with Crippen LogP contribution in [0.5, 0.6) is 0 Å². The van der Waals surface area contributed by atoms with Crippen molar-refractivity contribution in [1.29, 1.82) is 0 Å². The lowest BCUT2D eigenvalue weighted by Gasteiger charge is -2.23. The third-order valence-corrected chi connectivity index (χ3v) is 5.16. The number of cyclic esters (lactones) is 1. The van der Waals surface area contributed by atoms with E-state index in [9.17, 15) is 9.59 Å². The number of H-pyrrole nitrogens is 1. The Labute approximate surface area is 170 Å². The van der Waals surface area contributed by atoms with Gasteiger partial charge in [-0.1, -0.05) is 26.0 Å². The van der Waals surface area contributed by atoms with Crippen molar-refractivity contribution in [1.82, 2.24) is 24.8 Å². The number of fused-ring (bicyclic) bond motifs is 1. The number of amides is 1. The van der Waals surface area contributed by atoms with Gasteiger partial charge in [0.25, 0.3) is 0 Å². The number of hydrogen-bond donors (Lipinski definition) is 1. The third-order valence-electron chi connectivity index (χ3n) is 5.16.